The fourth-order valence-corrected chi connectivity index (χ4v) is 4.22. The van der Waals surface area contributed by atoms with Crippen LogP contribution in [0.15, 0.2) is 48.5 Å². The van der Waals surface area contributed by atoms with Gasteiger partial charge in [-0.2, -0.15) is 13.2 Å². The van der Waals surface area contributed by atoms with Crippen LogP contribution < -0.4 is 10.2 Å². The van der Waals surface area contributed by atoms with Gasteiger partial charge in [0.2, 0.25) is 5.91 Å². The molecule has 2 saturated heterocycles. The summed E-state index contributed by atoms with van der Waals surface area (Å²) in [6, 6.07) is 13.2. The van der Waals surface area contributed by atoms with E-state index in [2.05, 4.69) is 22.3 Å². The van der Waals surface area contributed by atoms with E-state index >= 15 is 0 Å². The molecule has 4 rings (SSSR count). The van der Waals surface area contributed by atoms with Gasteiger partial charge >= 0.3 is 6.18 Å². The Hall–Kier alpha value is -2.58. The number of morpholine rings is 1. The Kier molecular flexibility index (Phi) is 7.01. The summed E-state index contributed by atoms with van der Waals surface area (Å²) in [6.07, 6.45) is -3.12. The van der Waals surface area contributed by atoms with Crippen molar-refractivity contribution in [3.63, 3.8) is 0 Å². The minimum Gasteiger partial charge on any atom is -0.378 e. The molecule has 2 aromatic carbocycles. The number of nitrogens with zero attached hydrogens (tertiary/aromatic N) is 2. The number of anilines is 1. The molecule has 0 bridgehead atoms. The molecular weight excluding hydrogens is 419 g/mol. The molecule has 0 saturated carbocycles. The van der Waals surface area contributed by atoms with Crippen LogP contribution in [0.2, 0.25) is 0 Å². The summed E-state index contributed by atoms with van der Waals surface area (Å²) in [6.45, 7) is 4.65. The topological polar surface area (TPSA) is 44.8 Å². The van der Waals surface area contributed by atoms with Crippen LogP contribution in [0.5, 0.6) is 0 Å². The van der Waals surface area contributed by atoms with E-state index in [4.69, 9.17) is 4.74 Å². The fourth-order valence-electron chi connectivity index (χ4n) is 4.22. The summed E-state index contributed by atoms with van der Waals surface area (Å²) >= 11 is 0. The van der Waals surface area contributed by atoms with Gasteiger partial charge in [-0.15, -0.1) is 0 Å². The summed E-state index contributed by atoms with van der Waals surface area (Å²) < 4.78 is 45.1. The van der Waals surface area contributed by atoms with Gasteiger partial charge in [0.15, 0.2) is 0 Å². The minimum atomic E-state index is -4.40. The van der Waals surface area contributed by atoms with E-state index in [1.165, 1.54) is 12.1 Å². The molecule has 32 heavy (non-hydrogen) atoms. The number of ether oxygens (including phenoxy) is 1. The van der Waals surface area contributed by atoms with Crippen LogP contribution in [0.25, 0.3) is 0 Å². The number of nitrogens with one attached hydrogen (secondary N) is 1. The number of alkyl halides is 3. The highest BCUT2D eigenvalue weighted by Crippen LogP contribution is 2.31. The molecule has 2 fully saturated rings. The molecule has 8 heteroatoms. The first-order valence-electron chi connectivity index (χ1n) is 11.0. The van der Waals surface area contributed by atoms with Crippen LogP contribution in [-0.4, -0.2) is 50.2 Å². The van der Waals surface area contributed by atoms with E-state index < -0.39 is 17.8 Å². The Morgan fingerprint density at radius 3 is 2.44 bits per heavy atom. The van der Waals surface area contributed by atoms with Crippen molar-refractivity contribution in [2.24, 2.45) is 0 Å². The fraction of sp³-hybridized carbons (Fsp3) is 0.458. The third-order valence-corrected chi connectivity index (χ3v) is 6.06. The van der Waals surface area contributed by atoms with Crippen molar-refractivity contribution in [1.82, 2.24) is 10.2 Å². The third kappa shape index (κ3) is 5.61. The smallest absolute Gasteiger partial charge is 0.378 e. The molecule has 2 heterocycles. The van der Waals surface area contributed by atoms with Crippen LogP contribution >= 0.6 is 0 Å². The minimum absolute atomic E-state index is 0.0543. The van der Waals surface area contributed by atoms with Crippen LogP contribution in [0.1, 0.15) is 35.6 Å². The highest BCUT2D eigenvalue weighted by atomic mass is 19.4. The summed E-state index contributed by atoms with van der Waals surface area (Å²) in [7, 11) is 0. The van der Waals surface area contributed by atoms with Gasteiger partial charge in [-0.1, -0.05) is 24.3 Å². The number of halogens is 3. The maximum atomic E-state index is 13.2. The Bertz CT molecular complexity index is 911. The second kappa shape index (κ2) is 9.92. The number of carbonyl (C=O) groups excluding carboxylic acids is 1. The molecular formula is C24H28F3N3O2. The molecule has 0 spiro atoms. The van der Waals surface area contributed by atoms with Gasteiger partial charge in [0, 0.05) is 44.8 Å². The largest absolute Gasteiger partial charge is 0.416 e. The van der Waals surface area contributed by atoms with Gasteiger partial charge in [-0.25, -0.2) is 0 Å². The average Bonchev–Trinajstić information content (AvgIpc) is 3.21. The van der Waals surface area contributed by atoms with Crippen molar-refractivity contribution < 1.29 is 22.7 Å². The van der Waals surface area contributed by atoms with Gasteiger partial charge in [0.25, 0.3) is 0 Å². The van der Waals surface area contributed by atoms with Crippen molar-refractivity contribution in [3.8, 4) is 0 Å². The summed E-state index contributed by atoms with van der Waals surface area (Å²) in [5, 5.41) is 3.38. The molecule has 1 atom stereocenters. The van der Waals surface area contributed by atoms with Gasteiger partial charge in [-0.05, 0) is 41.8 Å². The van der Waals surface area contributed by atoms with Gasteiger partial charge in [0.05, 0.1) is 24.8 Å². The second-order valence-corrected chi connectivity index (χ2v) is 8.27. The Morgan fingerprint density at radius 2 is 1.78 bits per heavy atom. The van der Waals surface area contributed by atoms with Gasteiger partial charge < -0.3 is 19.9 Å². The zero-order valence-corrected chi connectivity index (χ0v) is 17.9. The van der Waals surface area contributed by atoms with E-state index in [-0.39, 0.29) is 5.91 Å². The maximum absolute atomic E-state index is 13.2. The van der Waals surface area contributed by atoms with Crippen LogP contribution in [-0.2, 0) is 22.3 Å². The Balaban J connectivity index is 1.47. The number of carbonyl (C=O) groups is 1. The van der Waals surface area contributed by atoms with Crippen molar-refractivity contribution >= 4 is 11.6 Å². The molecule has 5 nitrogen and oxygen atoms in total. The lowest BCUT2D eigenvalue weighted by Crippen LogP contribution is -2.36. The van der Waals surface area contributed by atoms with Crippen LogP contribution in [0.3, 0.4) is 0 Å². The maximum Gasteiger partial charge on any atom is 0.416 e. The predicted octanol–water partition coefficient (Wildman–Crippen LogP) is 4.00. The first-order valence-corrected chi connectivity index (χ1v) is 11.0. The van der Waals surface area contributed by atoms with Gasteiger partial charge in [0.1, 0.15) is 0 Å². The standard InChI is InChI=1S/C24H28F3N3O2/c25-24(26,27)20-4-1-3-19(15-20)22(17-30-10-2-5-23(30)31)28-16-18-6-8-21(9-7-18)29-11-13-32-14-12-29/h1,3-4,6-9,15,22,28H,2,5,10-14,16-17H2. The highest BCUT2D eigenvalue weighted by Gasteiger charge is 2.31. The number of hydrogen-bond acceptors (Lipinski definition) is 4. The molecule has 1 N–H and O–H groups in total. The van der Waals surface area contributed by atoms with E-state index in [1.54, 1.807) is 11.0 Å². The first kappa shape index (κ1) is 22.6. The van der Waals surface area contributed by atoms with Crippen molar-refractivity contribution in [2.75, 3.05) is 44.3 Å². The quantitative estimate of drug-likeness (QED) is 0.697. The summed E-state index contributed by atoms with van der Waals surface area (Å²) in [4.78, 5) is 16.1. The van der Waals surface area contributed by atoms with Crippen LogP contribution in [0, 0.1) is 0 Å². The van der Waals surface area contributed by atoms with Gasteiger partial charge in [-0.3, -0.25) is 4.79 Å². The predicted molar refractivity (Wildman–Crippen MR) is 116 cm³/mol. The van der Waals surface area contributed by atoms with Crippen molar-refractivity contribution in [2.45, 2.75) is 31.6 Å². The first-order chi connectivity index (χ1) is 15.4. The lowest BCUT2D eigenvalue weighted by Gasteiger charge is -2.29. The van der Waals surface area contributed by atoms with E-state index in [0.717, 1.165) is 50.0 Å². The van der Waals surface area contributed by atoms with E-state index in [0.29, 0.717) is 31.6 Å². The highest BCUT2D eigenvalue weighted by molar-refractivity contribution is 5.78. The second-order valence-electron chi connectivity index (χ2n) is 8.27. The molecule has 2 aliphatic heterocycles. The number of rotatable bonds is 7. The molecule has 172 valence electrons. The molecule has 0 radical (unpaired) electrons. The summed E-state index contributed by atoms with van der Waals surface area (Å²) in [5.41, 5.74) is 2.02. The Morgan fingerprint density at radius 1 is 1.03 bits per heavy atom. The monoisotopic (exact) mass is 447 g/mol. The van der Waals surface area contributed by atoms with Crippen LogP contribution in [0.4, 0.5) is 18.9 Å². The Labute approximate surface area is 186 Å². The summed E-state index contributed by atoms with van der Waals surface area (Å²) in [5.74, 6) is 0.0543. The number of hydrogen-bond donors (Lipinski definition) is 1. The molecule has 0 aromatic heterocycles. The molecule has 2 aliphatic rings. The molecule has 2 aromatic rings. The van der Waals surface area contributed by atoms with E-state index in [9.17, 15) is 18.0 Å². The number of amides is 1. The molecule has 1 amide bonds. The van der Waals surface area contributed by atoms with Crippen molar-refractivity contribution in [3.05, 3.63) is 65.2 Å². The average molecular weight is 448 g/mol. The lowest BCUT2D eigenvalue weighted by molar-refractivity contribution is -0.137. The zero-order valence-electron chi connectivity index (χ0n) is 17.9. The number of benzene rings is 2. The van der Waals surface area contributed by atoms with Crippen molar-refractivity contribution in [1.29, 1.82) is 0 Å². The molecule has 0 aliphatic carbocycles. The zero-order chi connectivity index (χ0) is 22.6. The molecule has 1 unspecified atom stereocenters. The SMILES string of the molecule is O=C1CCCN1CC(NCc1ccc(N2CCOCC2)cc1)c1cccc(C(F)(F)F)c1. The number of likely N-dealkylation sites (tertiary alicyclic amines) is 1. The van der Waals surface area contributed by atoms with E-state index in [1.807, 2.05) is 12.1 Å². The lowest BCUT2D eigenvalue weighted by atomic mass is 10.0. The third-order valence-electron chi connectivity index (χ3n) is 6.06. The normalized spacial score (nSPS) is 18.3.